The topological polar surface area (TPSA) is 45.7 Å². The number of carbonyl (C=O) groups excluding carboxylic acids is 1. The second-order valence-electron chi connectivity index (χ2n) is 6.24. The van der Waals surface area contributed by atoms with Crippen molar-refractivity contribution in [2.24, 2.45) is 5.92 Å². The Morgan fingerprint density at radius 2 is 2.04 bits per heavy atom. The summed E-state index contributed by atoms with van der Waals surface area (Å²) in [4.78, 5) is 21.4. The lowest BCUT2D eigenvalue weighted by Gasteiger charge is -2.38. The molecule has 2 aliphatic rings. The van der Waals surface area contributed by atoms with E-state index < -0.39 is 0 Å². The third-order valence-electron chi connectivity index (χ3n) is 4.91. The number of piperazine rings is 1. The van der Waals surface area contributed by atoms with Crippen LogP contribution in [0.2, 0.25) is 0 Å². The van der Waals surface area contributed by atoms with Gasteiger partial charge in [-0.1, -0.05) is 23.8 Å². The van der Waals surface area contributed by atoms with E-state index in [4.69, 9.17) is 9.72 Å². The van der Waals surface area contributed by atoms with Gasteiger partial charge in [0.15, 0.2) is 5.13 Å². The predicted molar refractivity (Wildman–Crippen MR) is 92.3 cm³/mol. The smallest absolute Gasteiger partial charge is 0.225 e. The van der Waals surface area contributed by atoms with Gasteiger partial charge in [-0.15, -0.1) is 0 Å². The number of anilines is 1. The van der Waals surface area contributed by atoms with Crippen molar-refractivity contribution in [2.45, 2.75) is 19.3 Å². The van der Waals surface area contributed by atoms with Crippen molar-refractivity contribution in [1.29, 1.82) is 0 Å². The summed E-state index contributed by atoms with van der Waals surface area (Å²) in [7, 11) is 1.68. The second kappa shape index (κ2) is 6.00. The standard InChI is InChI=1S/C17H21N3O2S/c1-22-13-6-3-7-14-15(13)18-17(23-14)20-10-8-19(9-11-20)16(21)12-4-2-5-12/h3,6-7,12H,2,4-5,8-11H2,1H3. The van der Waals surface area contributed by atoms with E-state index >= 15 is 0 Å². The van der Waals surface area contributed by atoms with Crippen LogP contribution in [0.4, 0.5) is 5.13 Å². The summed E-state index contributed by atoms with van der Waals surface area (Å²) >= 11 is 1.70. The molecule has 0 radical (unpaired) electrons. The Morgan fingerprint density at radius 1 is 1.26 bits per heavy atom. The number of amides is 1. The Labute approximate surface area is 139 Å². The zero-order chi connectivity index (χ0) is 15.8. The molecule has 2 fully saturated rings. The van der Waals surface area contributed by atoms with E-state index in [1.54, 1.807) is 18.4 Å². The Kier molecular flexibility index (Phi) is 3.85. The van der Waals surface area contributed by atoms with Gasteiger partial charge in [-0.25, -0.2) is 4.98 Å². The molecule has 1 aliphatic heterocycles. The highest BCUT2D eigenvalue weighted by atomic mass is 32.1. The lowest BCUT2D eigenvalue weighted by atomic mass is 9.84. The molecule has 5 nitrogen and oxygen atoms in total. The fourth-order valence-electron chi connectivity index (χ4n) is 3.24. The van der Waals surface area contributed by atoms with Crippen molar-refractivity contribution in [1.82, 2.24) is 9.88 Å². The van der Waals surface area contributed by atoms with Crippen LogP contribution in [0.1, 0.15) is 19.3 Å². The van der Waals surface area contributed by atoms with Crippen LogP contribution in [0, 0.1) is 5.92 Å². The molecule has 1 saturated heterocycles. The van der Waals surface area contributed by atoms with Gasteiger partial charge in [0, 0.05) is 32.1 Å². The van der Waals surface area contributed by atoms with Crippen LogP contribution in [0.5, 0.6) is 5.75 Å². The van der Waals surface area contributed by atoms with Crippen molar-refractivity contribution in [2.75, 3.05) is 38.2 Å². The van der Waals surface area contributed by atoms with Crippen LogP contribution in [0.3, 0.4) is 0 Å². The number of nitrogens with zero attached hydrogens (tertiary/aromatic N) is 3. The number of methoxy groups -OCH3 is 1. The molecular formula is C17H21N3O2S. The zero-order valence-corrected chi connectivity index (χ0v) is 14.1. The monoisotopic (exact) mass is 331 g/mol. The van der Waals surface area contributed by atoms with Gasteiger partial charge >= 0.3 is 0 Å². The third-order valence-corrected chi connectivity index (χ3v) is 5.99. The summed E-state index contributed by atoms with van der Waals surface area (Å²) in [5, 5.41) is 1.03. The molecule has 1 aliphatic carbocycles. The number of para-hydroxylation sites is 1. The summed E-state index contributed by atoms with van der Waals surface area (Å²) in [6.45, 7) is 3.34. The van der Waals surface area contributed by atoms with Crippen molar-refractivity contribution >= 4 is 32.6 Å². The Balaban J connectivity index is 1.47. The van der Waals surface area contributed by atoms with E-state index in [1.807, 2.05) is 17.0 Å². The van der Waals surface area contributed by atoms with Gasteiger partial charge in [-0.2, -0.15) is 0 Å². The highest BCUT2D eigenvalue weighted by molar-refractivity contribution is 7.22. The number of hydrogen-bond donors (Lipinski definition) is 0. The summed E-state index contributed by atoms with van der Waals surface area (Å²) < 4.78 is 6.54. The van der Waals surface area contributed by atoms with Crippen LogP contribution >= 0.6 is 11.3 Å². The minimum Gasteiger partial charge on any atom is -0.494 e. The first-order chi connectivity index (χ1) is 11.3. The van der Waals surface area contributed by atoms with E-state index in [0.29, 0.717) is 11.8 Å². The molecular weight excluding hydrogens is 310 g/mol. The summed E-state index contributed by atoms with van der Waals surface area (Å²) in [5.74, 6) is 1.49. The molecule has 1 saturated carbocycles. The molecule has 1 amide bonds. The third kappa shape index (κ3) is 2.65. The summed E-state index contributed by atoms with van der Waals surface area (Å²) in [6.07, 6.45) is 3.37. The van der Waals surface area contributed by atoms with E-state index in [2.05, 4.69) is 11.0 Å². The molecule has 6 heteroatoms. The predicted octanol–water partition coefficient (Wildman–Crippen LogP) is 2.75. The van der Waals surface area contributed by atoms with Gasteiger partial charge in [0.1, 0.15) is 11.3 Å². The Morgan fingerprint density at radius 3 is 2.70 bits per heavy atom. The number of aromatic nitrogens is 1. The van der Waals surface area contributed by atoms with E-state index in [0.717, 1.165) is 60.1 Å². The van der Waals surface area contributed by atoms with Crippen LogP contribution in [-0.2, 0) is 4.79 Å². The maximum atomic E-state index is 12.3. The lowest BCUT2D eigenvalue weighted by Crippen LogP contribution is -2.51. The maximum Gasteiger partial charge on any atom is 0.225 e. The molecule has 0 bridgehead atoms. The number of carbonyl (C=O) groups is 1. The molecule has 0 N–H and O–H groups in total. The zero-order valence-electron chi connectivity index (χ0n) is 13.3. The number of benzene rings is 1. The number of ether oxygens (including phenoxy) is 1. The Bertz CT molecular complexity index is 718. The molecule has 23 heavy (non-hydrogen) atoms. The number of fused-ring (bicyclic) bond motifs is 1. The molecule has 0 spiro atoms. The van der Waals surface area contributed by atoms with Crippen LogP contribution < -0.4 is 9.64 Å². The van der Waals surface area contributed by atoms with Crippen LogP contribution in [-0.4, -0.2) is 49.1 Å². The highest BCUT2D eigenvalue weighted by Gasteiger charge is 2.31. The van der Waals surface area contributed by atoms with Crippen molar-refractivity contribution < 1.29 is 9.53 Å². The lowest BCUT2D eigenvalue weighted by molar-refractivity contribution is -0.138. The first-order valence-corrected chi connectivity index (χ1v) is 9.05. The fourth-order valence-corrected chi connectivity index (χ4v) is 4.28. The molecule has 4 rings (SSSR count). The SMILES string of the molecule is COc1cccc2sc(N3CCN(C(=O)C4CCC4)CC3)nc12. The molecule has 122 valence electrons. The van der Waals surface area contributed by atoms with Gasteiger partial charge in [-0.05, 0) is 25.0 Å². The minimum absolute atomic E-state index is 0.299. The van der Waals surface area contributed by atoms with Crippen molar-refractivity contribution in [3.63, 3.8) is 0 Å². The van der Waals surface area contributed by atoms with Gasteiger partial charge < -0.3 is 14.5 Å². The highest BCUT2D eigenvalue weighted by Crippen LogP contribution is 2.34. The van der Waals surface area contributed by atoms with E-state index in [9.17, 15) is 4.79 Å². The number of thiazole rings is 1. The van der Waals surface area contributed by atoms with Crippen molar-refractivity contribution in [3.05, 3.63) is 18.2 Å². The van der Waals surface area contributed by atoms with E-state index in [1.165, 1.54) is 6.42 Å². The van der Waals surface area contributed by atoms with Crippen LogP contribution in [0.15, 0.2) is 18.2 Å². The molecule has 2 heterocycles. The minimum atomic E-state index is 0.299. The second-order valence-corrected chi connectivity index (χ2v) is 7.25. The first-order valence-electron chi connectivity index (χ1n) is 8.23. The maximum absolute atomic E-state index is 12.3. The summed E-state index contributed by atoms with van der Waals surface area (Å²) in [5.41, 5.74) is 0.933. The molecule has 2 aromatic rings. The van der Waals surface area contributed by atoms with E-state index in [-0.39, 0.29) is 0 Å². The molecule has 0 unspecified atom stereocenters. The first kappa shape index (κ1) is 14.8. The number of rotatable bonds is 3. The summed E-state index contributed by atoms with van der Waals surface area (Å²) in [6, 6.07) is 6.02. The molecule has 0 atom stereocenters. The van der Waals surface area contributed by atoms with Gasteiger partial charge in [0.25, 0.3) is 0 Å². The largest absolute Gasteiger partial charge is 0.494 e. The average Bonchev–Trinajstić information content (AvgIpc) is 2.97. The van der Waals surface area contributed by atoms with Crippen molar-refractivity contribution in [3.8, 4) is 5.75 Å². The quantitative estimate of drug-likeness (QED) is 0.867. The Hall–Kier alpha value is -1.82. The van der Waals surface area contributed by atoms with Gasteiger partial charge in [0.05, 0.1) is 11.8 Å². The fraction of sp³-hybridized carbons (Fsp3) is 0.529. The average molecular weight is 331 g/mol. The van der Waals surface area contributed by atoms with Crippen LogP contribution in [0.25, 0.3) is 10.2 Å². The molecule has 1 aromatic carbocycles. The normalized spacial score (nSPS) is 19.0. The molecule has 1 aromatic heterocycles. The van der Waals surface area contributed by atoms with Gasteiger partial charge in [-0.3, -0.25) is 4.79 Å². The van der Waals surface area contributed by atoms with Gasteiger partial charge in [0.2, 0.25) is 5.91 Å². The number of hydrogen-bond acceptors (Lipinski definition) is 5.